The normalized spacial score (nSPS) is 18.1. The van der Waals surface area contributed by atoms with Gasteiger partial charge in [-0.2, -0.15) is 0 Å². The lowest BCUT2D eigenvalue weighted by molar-refractivity contribution is -0.127. The average molecular weight is 272 g/mol. The van der Waals surface area contributed by atoms with Crippen LogP contribution in [0.2, 0.25) is 0 Å². The van der Waals surface area contributed by atoms with Gasteiger partial charge in [0.1, 0.15) is 0 Å². The lowest BCUT2D eigenvalue weighted by atomic mass is 10.1. The fraction of sp³-hybridized carbons (Fsp3) is 0.533. The van der Waals surface area contributed by atoms with E-state index >= 15 is 0 Å². The first-order chi connectivity index (χ1) is 9.72. The molecule has 1 aromatic rings. The van der Waals surface area contributed by atoms with Gasteiger partial charge < -0.3 is 4.90 Å². The first-order valence-electron chi connectivity index (χ1n) is 7.09. The highest BCUT2D eigenvalue weighted by Gasteiger charge is 2.28. The first kappa shape index (κ1) is 14.4. The maximum absolute atomic E-state index is 11.9. The van der Waals surface area contributed by atoms with Gasteiger partial charge in [-0.15, -0.1) is 0 Å². The third kappa shape index (κ3) is 3.75. The van der Waals surface area contributed by atoms with Gasteiger partial charge in [-0.05, 0) is 35.4 Å². The summed E-state index contributed by atoms with van der Waals surface area (Å²) < 4.78 is 0. The van der Waals surface area contributed by atoms with Crippen LogP contribution in [0.15, 0.2) is 29.4 Å². The van der Waals surface area contributed by atoms with Gasteiger partial charge in [-0.3, -0.25) is 4.79 Å². The molecule has 1 aliphatic rings. The van der Waals surface area contributed by atoms with Crippen LogP contribution < -0.4 is 0 Å². The van der Waals surface area contributed by atoms with E-state index in [9.17, 15) is 4.79 Å². The molecule has 20 heavy (non-hydrogen) atoms. The zero-order valence-electron chi connectivity index (χ0n) is 11.8. The molecule has 0 radical (unpaired) electrons. The van der Waals surface area contributed by atoms with E-state index in [-0.39, 0.29) is 11.8 Å². The molecule has 1 saturated heterocycles. The predicted octanol–water partition coefficient (Wildman–Crippen LogP) is 2.95. The summed E-state index contributed by atoms with van der Waals surface area (Å²) >= 11 is 0. The standard InChI is InChI=1S/C15H20N4O/c1-2-12-3-5-13(6-4-12)7-8-19-11-14(9-15(19)20)10-17-18-16/h3-6,14H,2,7-11H2,1H3. The van der Waals surface area contributed by atoms with E-state index in [1.54, 1.807) is 0 Å². The Morgan fingerprint density at radius 3 is 2.70 bits per heavy atom. The molecule has 0 bridgehead atoms. The van der Waals surface area contributed by atoms with Gasteiger partial charge in [0, 0.05) is 31.0 Å². The molecule has 1 fully saturated rings. The van der Waals surface area contributed by atoms with Gasteiger partial charge in [0.2, 0.25) is 5.91 Å². The van der Waals surface area contributed by atoms with E-state index in [1.165, 1.54) is 11.1 Å². The number of hydrogen-bond acceptors (Lipinski definition) is 2. The van der Waals surface area contributed by atoms with Crippen molar-refractivity contribution in [3.8, 4) is 0 Å². The molecule has 0 spiro atoms. The molecule has 0 aliphatic carbocycles. The SMILES string of the molecule is CCc1ccc(CCN2CC(CN=[N+]=[N-])CC2=O)cc1. The van der Waals surface area contributed by atoms with E-state index in [0.29, 0.717) is 19.5 Å². The summed E-state index contributed by atoms with van der Waals surface area (Å²) in [5, 5.41) is 3.56. The van der Waals surface area contributed by atoms with Crippen LogP contribution in [0, 0.1) is 5.92 Å². The van der Waals surface area contributed by atoms with Crippen molar-refractivity contribution in [2.24, 2.45) is 11.0 Å². The van der Waals surface area contributed by atoms with Crippen molar-refractivity contribution in [2.45, 2.75) is 26.2 Å². The molecular weight excluding hydrogens is 252 g/mol. The molecule has 1 amide bonds. The topological polar surface area (TPSA) is 69.1 Å². The minimum absolute atomic E-state index is 0.174. The van der Waals surface area contributed by atoms with Crippen LogP contribution in [-0.2, 0) is 17.6 Å². The van der Waals surface area contributed by atoms with Gasteiger partial charge in [-0.1, -0.05) is 36.3 Å². The smallest absolute Gasteiger partial charge is 0.222 e. The Balaban J connectivity index is 1.84. The lowest BCUT2D eigenvalue weighted by Gasteiger charge is -2.16. The van der Waals surface area contributed by atoms with E-state index < -0.39 is 0 Å². The third-order valence-corrected chi connectivity index (χ3v) is 3.80. The second-order valence-electron chi connectivity index (χ2n) is 5.24. The van der Waals surface area contributed by atoms with Crippen molar-refractivity contribution in [2.75, 3.05) is 19.6 Å². The van der Waals surface area contributed by atoms with Crippen LogP contribution in [0.3, 0.4) is 0 Å². The summed E-state index contributed by atoms with van der Waals surface area (Å²) in [7, 11) is 0. The van der Waals surface area contributed by atoms with Gasteiger partial charge in [0.05, 0.1) is 0 Å². The maximum atomic E-state index is 11.9. The molecule has 5 heteroatoms. The number of azide groups is 1. The van der Waals surface area contributed by atoms with E-state index in [2.05, 4.69) is 41.2 Å². The molecular formula is C15H20N4O. The summed E-state index contributed by atoms with van der Waals surface area (Å²) in [6.07, 6.45) is 2.43. The van der Waals surface area contributed by atoms with Gasteiger partial charge in [0.25, 0.3) is 0 Å². The Labute approximate surface area is 119 Å². The zero-order chi connectivity index (χ0) is 14.4. The number of likely N-dealkylation sites (tertiary alicyclic amines) is 1. The lowest BCUT2D eigenvalue weighted by Crippen LogP contribution is -2.27. The Hall–Kier alpha value is -2.00. The van der Waals surface area contributed by atoms with Crippen molar-refractivity contribution < 1.29 is 4.79 Å². The number of aryl methyl sites for hydroxylation is 1. The molecule has 0 N–H and O–H groups in total. The number of benzene rings is 1. The number of hydrogen-bond donors (Lipinski definition) is 0. The van der Waals surface area contributed by atoms with Crippen molar-refractivity contribution in [3.05, 3.63) is 45.8 Å². The summed E-state index contributed by atoms with van der Waals surface area (Å²) in [6.45, 7) is 4.02. The maximum Gasteiger partial charge on any atom is 0.222 e. The van der Waals surface area contributed by atoms with Crippen LogP contribution in [0.4, 0.5) is 0 Å². The molecule has 1 aliphatic heterocycles. The molecule has 0 aromatic heterocycles. The Bertz CT molecular complexity index is 505. The highest BCUT2D eigenvalue weighted by Crippen LogP contribution is 2.18. The van der Waals surface area contributed by atoms with Crippen molar-refractivity contribution in [1.29, 1.82) is 0 Å². The largest absolute Gasteiger partial charge is 0.342 e. The van der Waals surface area contributed by atoms with E-state index in [1.807, 2.05) is 4.90 Å². The zero-order valence-corrected chi connectivity index (χ0v) is 11.8. The summed E-state index contributed by atoms with van der Waals surface area (Å²) in [6, 6.07) is 8.56. The molecule has 1 unspecified atom stereocenters. The Kier molecular flexibility index (Phi) is 5.02. The molecule has 1 aromatic carbocycles. The molecule has 1 atom stereocenters. The number of nitrogens with zero attached hydrogens (tertiary/aromatic N) is 4. The number of carbonyl (C=O) groups excluding carboxylic acids is 1. The fourth-order valence-corrected chi connectivity index (χ4v) is 2.55. The van der Waals surface area contributed by atoms with Crippen molar-refractivity contribution in [3.63, 3.8) is 0 Å². The molecule has 1 heterocycles. The number of rotatable bonds is 6. The van der Waals surface area contributed by atoms with Crippen LogP contribution in [-0.4, -0.2) is 30.4 Å². The molecule has 0 saturated carbocycles. The monoisotopic (exact) mass is 272 g/mol. The highest BCUT2D eigenvalue weighted by atomic mass is 16.2. The van der Waals surface area contributed by atoms with Crippen LogP contribution in [0.5, 0.6) is 0 Å². The van der Waals surface area contributed by atoms with Gasteiger partial charge >= 0.3 is 0 Å². The van der Waals surface area contributed by atoms with Crippen molar-refractivity contribution >= 4 is 5.91 Å². The van der Waals surface area contributed by atoms with Gasteiger partial charge in [-0.25, -0.2) is 0 Å². The van der Waals surface area contributed by atoms with E-state index in [4.69, 9.17) is 5.53 Å². The Morgan fingerprint density at radius 2 is 2.05 bits per heavy atom. The molecule has 106 valence electrons. The second kappa shape index (κ2) is 6.96. The fourth-order valence-electron chi connectivity index (χ4n) is 2.55. The molecule has 5 nitrogen and oxygen atoms in total. The first-order valence-corrected chi connectivity index (χ1v) is 7.09. The highest BCUT2D eigenvalue weighted by molar-refractivity contribution is 5.78. The van der Waals surface area contributed by atoms with Crippen molar-refractivity contribution in [1.82, 2.24) is 4.90 Å². The summed E-state index contributed by atoms with van der Waals surface area (Å²) in [5.41, 5.74) is 10.9. The average Bonchev–Trinajstić information content (AvgIpc) is 2.83. The van der Waals surface area contributed by atoms with Crippen LogP contribution >= 0.6 is 0 Å². The summed E-state index contributed by atoms with van der Waals surface area (Å²) in [4.78, 5) is 16.5. The molecule has 2 rings (SSSR count). The van der Waals surface area contributed by atoms with Gasteiger partial charge in [0.15, 0.2) is 0 Å². The number of amides is 1. The van der Waals surface area contributed by atoms with Crippen LogP contribution in [0.25, 0.3) is 10.4 Å². The number of carbonyl (C=O) groups is 1. The second-order valence-corrected chi connectivity index (χ2v) is 5.24. The minimum atomic E-state index is 0.174. The van der Waals surface area contributed by atoms with E-state index in [0.717, 1.165) is 19.4 Å². The predicted molar refractivity (Wildman–Crippen MR) is 78.2 cm³/mol. The van der Waals surface area contributed by atoms with Crippen LogP contribution in [0.1, 0.15) is 24.5 Å². The minimum Gasteiger partial charge on any atom is -0.342 e. The summed E-state index contributed by atoms with van der Waals surface area (Å²) in [5.74, 6) is 0.356. The third-order valence-electron chi connectivity index (χ3n) is 3.80. The quantitative estimate of drug-likeness (QED) is 0.446. The Morgan fingerprint density at radius 1 is 1.35 bits per heavy atom.